The molecule has 2 heteroatoms. The van der Waals surface area contributed by atoms with Crippen LogP contribution in [0.4, 0.5) is 0 Å². The highest BCUT2D eigenvalue weighted by molar-refractivity contribution is 5.68. The molecule has 24 heavy (non-hydrogen) atoms. The molecule has 0 bridgehead atoms. The van der Waals surface area contributed by atoms with E-state index >= 15 is 0 Å². The lowest BCUT2D eigenvalue weighted by Crippen LogP contribution is -2.02. The molecule has 126 valence electrons. The summed E-state index contributed by atoms with van der Waals surface area (Å²) in [6, 6.07) is 16.8. The summed E-state index contributed by atoms with van der Waals surface area (Å²) >= 11 is 0. The molecule has 0 aliphatic rings. The molecule has 0 fully saturated rings. The average molecular weight is 322 g/mol. The Bertz CT molecular complexity index is 695. The Hall–Kier alpha value is -2.35. The van der Waals surface area contributed by atoms with Crippen LogP contribution >= 0.6 is 0 Å². The van der Waals surface area contributed by atoms with Crippen molar-refractivity contribution in [2.75, 3.05) is 0 Å². The molecule has 0 unspecified atom stereocenters. The van der Waals surface area contributed by atoms with E-state index < -0.39 is 5.97 Å². The maximum absolute atomic E-state index is 10.9. The zero-order valence-electron chi connectivity index (χ0n) is 14.6. The van der Waals surface area contributed by atoms with Crippen molar-refractivity contribution in [3.8, 4) is 0 Å². The van der Waals surface area contributed by atoms with Crippen LogP contribution in [0.1, 0.15) is 48.9 Å². The SMILES string of the molecule is CC(C)=Cc1c(CCCc2ccccc2)cccc1CCC(=O)O. The number of aryl methyl sites for hydroxylation is 3. The summed E-state index contributed by atoms with van der Waals surface area (Å²) in [6.07, 6.45) is 6.12. The van der Waals surface area contributed by atoms with Crippen LogP contribution in [0, 0.1) is 0 Å². The van der Waals surface area contributed by atoms with Crippen molar-refractivity contribution in [1.29, 1.82) is 0 Å². The standard InChI is InChI=1S/C22H26O2/c1-17(2)16-21-19(11-6-10-18-8-4-3-5-9-18)12-7-13-20(21)14-15-22(23)24/h3-5,7-9,12-13,16H,6,10-11,14-15H2,1-2H3,(H,23,24). The summed E-state index contributed by atoms with van der Waals surface area (Å²) < 4.78 is 0. The molecule has 2 nitrogen and oxygen atoms in total. The minimum absolute atomic E-state index is 0.178. The number of aliphatic carboxylic acids is 1. The van der Waals surface area contributed by atoms with Crippen molar-refractivity contribution in [2.45, 2.75) is 46.0 Å². The van der Waals surface area contributed by atoms with Gasteiger partial charge in [0.15, 0.2) is 0 Å². The Kier molecular flexibility index (Phi) is 6.80. The predicted octanol–water partition coefficient (Wildman–Crippen LogP) is 5.30. The molecule has 0 heterocycles. The van der Waals surface area contributed by atoms with E-state index in [0.29, 0.717) is 6.42 Å². The van der Waals surface area contributed by atoms with E-state index in [2.05, 4.69) is 62.4 Å². The van der Waals surface area contributed by atoms with Gasteiger partial charge < -0.3 is 5.11 Å². The lowest BCUT2D eigenvalue weighted by atomic mass is 9.93. The Labute approximate surface area is 144 Å². The molecule has 2 rings (SSSR count). The Morgan fingerprint density at radius 1 is 0.917 bits per heavy atom. The van der Waals surface area contributed by atoms with Gasteiger partial charge in [-0.05, 0) is 61.8 Å². The summed E-state index contributed by atoms with van der Waals surface area (Å²) in [7, 11) is 0. The molecule has 0 saturated heterocycles. The highest BCUT2D eigenvalue weighted by Gasteiger charge is 2.08. The summed E-state index contributed by atoms with van der Waals surface area (Å²) in [5, 5.41) is 8.97. The minimum Gasteiger partial charge on any atom is -0.481 e. The molecule has 0 spiro atoms. The quantitative estimate of drug-likeness (QED) is 0.716. The first-order valence-electron chi connectivity index (χ1n) is 8.57. The zero-order valence-corrected chi connectivity index (χ0v) is 14.6. The number of allylic oxidation sites excluding steroid dienone is 1. The third-order valence-electron chi connectivity index (χ3n) is 4.08. The van der Waals surface area contributed by atoms with E-state index in [9.17, 15) is 4.79 Å². The van der Waals surface area contributed by atoms with Gasteiger partial charge in [-0.15, -0.1) is 0 Å². The second-order valence-electron chi connectivity index (χ2n) is 6.44. The van der Waals surface area contributed by atoms with Crippen LogP contribution in [0.5, 0.6) is 0 Å². The van der Waals surface area contributed by atoms with Crippen molar-refractivity contribution in [3.05, 3.63) is 76.4 Å². The number of carboxylic acids is 1. The maximum Gasteiger partial charge on any atom is 0.303 e. The zero-order chi connectivity index (χ0) is 17.4. The topological polar surface area (TPSA) is 37.3 Å². The lowest BCUT2D eigenvalue weighted by molar-refractivity contribution is -0.136. The van der Waals surface area contributed by atoms with E-state index in [1.807, 2.05) is 6.07 Å². The van der Waals surface area contributed by atoms with E-state index in [-0.39, 0.29) is 6.42 Å². The molecule has 0 aromatic heterocycles. The first-order valence-corrected chi connectivity index (χ1v) is 8.57. The molecule has 0 saturated carbocycles. The molecule has 0 radical (unpaired) electrons. The fraction of sp³-hybridized carbons (Fsp3) is 0.318. The van der Waals surface area contributed by atoms with Gasteiger partial charge in [0.2, 0.25) is 0 Å². The van der Waals surface area contributed by atoms with Crippen LogP contribution in [-0.2, 0) is 24.1 Å². The van der Waals surface area contributed by atoms with Gasteiger partial charge in [-0.25, -0.2) is 0 Å². The molecule has 1 N–H and O–H groups in total. The number of rotatable bonds is 8. The van der Waals surface area contributed by atoms with Crippen LogP contribution in [0.3, 0.4) is 0 Å². The van der Waals surface area contributed by atoms with Crippen LogP contribution in [0.25, 0.3) is 6.08 Å². The van der Waals surface area contributed by atoms with E-state index in [0.717, 1.165) is 24.8 Å². The molecule has 0 amide bonds. The van der Waals surface area contributed by atoms with Gasteiger partial charge in [0.05, 0.1) is 0 Å². The molecular formula is C22H26O2. The largest absolute Gasteiger partial charge is 0.481 e. The van der Waals surface area contributed by atoms with Gasteiger partial charge in [0.25, 0.3) is 0 Å². The second kappa shape index (κ2) is 9.07. The molecule has 0 aliphatic heterocycles. The minimum atomic E-state index is -0.743. The summed E-state index contributed by atoms with van der Waals surface area (Å²) in [6.45, 7) is 4.17. The molecule has 2 aromatic carbocycles. The first-order chi connectivity index (χ1) is 11.6. The Morgan fingerprint density at radius 2 is 1.58 bits per heavy atom. The third kappa shape index (κ3) is 5.69. The number of carbonyl (C=O) groups is 1. The van der Waals surface area contributed by atoms with Gasteiger partial charge in [0, 0.05) is 6.42 Å². The van der Waals surface area contributed by atoms with Crippen molar-refractivity contribution in [1.82, 2.24) is 0 Å². The summed E-state index contributed by atoms with van der Waals surface area (Å²) in [4.78, 5) is 10.9. The number of benzene rings is 2. The van der Waals surface area contributed by atoms with Gasteiger partial charge >= 0.3 is 5.97 Å². The molecule has 2 aromatic rings. The monoisotopic (exact) mass is 322 g/mol. The summed E-state index contributed by atoms with van der Waals surface area (Å²) in [5.74, 6) is -0.743. The fourth-order valence-corrected chi connectivity index (χ4v) is 2.95. The van der Waals surface area contributed by atoms with Gasteiger partial charge in [-0.3, -0.25) is 4.79 Å². The second-order valence-corrected chi connectivity index (χ2v) is 6.44. The van der Waals surface area contributed by atoms with E-state index in [1.54, 1.807) is 0 Å². The normalized spacial score (nSPS) is 10.4. The van der Waals surface area contributed by atoms with Gasteiger partial charge in [0.1, 0.15) is 0 Å². The average Bonchev–Trinajstić information content (AvgIpc) is 2.55. The molecular weight excluding hydrogens is 296 g/mol. The van der Waals surface area contributed by atoms with Crippen LogP contribution < -0.4 is 0 Å². The maximum atomic E-state index is 10.9. The van der Waals surface area contributed by atoms with Crippen molar-refractivity contribution in [2.24, 2.45) is 0 Å². The molecule has 0 atom stereocenters. The van der Waals surface area contributed by atoms with Crippen LogP contribution in [-0.4, -0.2) is 11.1 Å². The van der Waals surface area contributed by atoms with Crippen LogP contribution in [0.2, 0.25) is 0 Å². The Balaban J connectivity index is 2.13. The highest BCUT2D eigenvalue weighted by atomic mass is 16.4. The van der Waals surface area contributed by atoms with Gasteiger partial charge in [-0.1, -0.05) is 60.2 Å². The van der Waals surface area contributed by atoms with E-state index in [4.69, 9.17) is 5.11 Å². The van der Waals surface area contributed by atoms with Crippen molar-refractivity contribution >= 4 is 12.0 Å². The van der Waals surface area contributed by atoms with Crippen molar-refractivity contribution in [3.63, 3.8) is 0 Å². The Morgan fingerprint density at radius 3 is 2.21 bits per heavy atom. The van der Waals surface area contributed by atoms with Gasteiger partial charge in [-0.2, -0.15) is 0 Å². The van der Waals surface area contributed by atoms with Crippen molar-refractivity contribution < 1.29 is 9.90 Å². The fourth-order valence-electron chi connectivity index (χ4n) is 2.95. The first kappa shape index (κ1) is 18.0. The predicted molar refractivity (Wildman–Crippen MR) is 100 cm³/mol. The third-order valence-corrected chi connectivity index (χ3v) is 4.08. The highest BCUT2D eigenvalue weighted by Crippen LogP contribution is 2.22. The lowest BCUT2D eigenvalue weighted by Gasteiger charge is -2.12. The van der Waals surface area contributed by atoms with E-state index in [1.165, 1.54) is 22.3 Å². The number of carboxylic acid groups (broad SMARTS) is 1. The number of hydrogen-bond acceptors (Lipinski definition) is 1. The number of hydrogen-bond donors (Lipinski definition) is 1. The van der Waals surface area contributed by atoms with Crippen LogP contribution in [0.15, 0.2) is 54.1 Å². The smallest absolute Gasteiger partial charge is 0.303 e. The summed E-state index contributed by atoms with van der Waals surface area (Å²) in [5.41, 5.74) is 6.27. The molecule has 0 aliphatic carbocycles.